The van der Waals surface area contributed by atoms with Crippen LogP contribution in [-0.2, 0) is 9.53 Å². The molecule has 1 rings (SSSR count). The number of piperazine rings is 1. The standard InChI is InChI=1S/C9H18N2O2/c1-9(12)8-13-7-6-11-4-2-10-3-5-11/h10H,2-8H2,1H3. The maximum Gasteiger partial charge on any atom is 0.155 e. The lowest BCUT2D eigenvalue weighted by Crippen LogP contribution is -2.44. The van der Waals surface area contributed by atoms with Crippen LogP contribution in [0.3, 0.4) is 0 Å². The molecular weight excluding hydrogens is 168 g/mol. The van der Waals surface area contributed by atoms with Crippen molar-refractivity contribution >= 4 is 5.78 Å². The van der Waals surface area contributed by atoms with Crippen molar-refractivity contribution in [2.75, 3.05) is 45.9 Å². The predicted molar refractivity (Wildman–Crippen MR) is 50.8 cm³/mol. The molecule has 0 bridgehead atoms. The van der Waals surface area contributed by atoms with E-state index in [9.17, 15) is 4.79 Å². The van der Waals surface area contributed by atoms with Crippen molar-refractivity contribution in [1.29, 1.82) is 0 Å². The Balaban J connectivity index is 1.95. The Morgan fingerprint density at radius 2 is 2.15 bits per heavy atom. The first-order valence-electron chi connectivity index (χ1n) is 4.79. The summed E-state index contributed by atoms with van der Waals surface area (Å²) in [4.78, 5) is 12.9. The normalized spacial score (nSPS) is 18.8. The molecule has 0 atom stereocenters. The van der Waals surface area contributed by atoms with Gasteiger partial charge in [-0.15, -0.1) is 0 Å². The smallest absolute Gasteiger partial charge is 0.155 e. The van der Waals surface area contributed by atoms with Gasteiger partial charge in [0.25, 0.3) is 0 Å². The Hall–Kier alpha value is -0.450. The molecule has 0 aromatic rings. The minimum atomic E-state index is 0.0975. The Morgan fingerprint density at radius 3 is 2.77 bits per heavy atom. The van der Waals surface area contributed by atoms with Crippen molar-refractivity contribution in [2.24, 2.45) is 0 Å². The maximum atomic E-state index is 10.5. The molecular formula is C9H18N2O2. The molecule has 1 fully saturated rings. The van der Waals surface area contributed by atoms with Crippen molar-refractivity contribution < 1.29 is 9.53 Å². The molecule has 0 aromatic carbocycles. The van der Waals surface area contributed by atoms with Gasteiger partial charge in [-0.05, 0) is 6.92 Å². The molecule has 13 heavy (non-hydrogen) atoms. The number of ketones is 1. The van der Waals surface area contributed by atoms with E-state index in [-0.39, 0.29) is 12.4 Å². The zero-order valence-electron chi connectivity index (χ0n) is 8.21. The van der Waals surface area contributed by atoms with Gasteiger partial charge >= 0.3 is 0 Å². The van der Waals surface area contributed by atoms with Crippen molar-refractivity contribution in [1.82, 2.24) is 10.2 Å². The highest BCUT2D eigenvalue weighted by Gasteiger charge is 2.08. The van der Waals surface area contributed by atoms with Crippen LogP contribution in [-0.4, -0.2) is 56.6 Å². The summed E-state index contributed by atoms with van der Waals surface area (Å²) in [5.41, 5.74) is 0. The van der Waals surface area contributed by atoms with E-state index in [0.29, 0.717) is 6.61 Å². The Bertz CT molecular complexity index is 156. The first kappa shape index (κ1) is 10.6. The second kappa shape index (κ2) is 6.07. The van der Waals surface area contributed by atoms with Crippen LogP contribution < -0.4 is 5.32 Å². The summed E-state index contributed by atoms with van der Waals surface area (Å²) in [6, 6.07) is 0. The van der Waals surface area contributed by atoms with Crippen molar-refractivity contribution in [3.05, 3.63) is 0 Å². The summed E-state index contributed by atoms with van der Waals surface area (Å²) in [5.74, 6) is 0.0975. The summed E-state index contributed by atoms with van der Waals surface area (Å²) in [7, 11) is 0. The van der Waals surface area contributed by atoms with Crippen LogP contribution in [0.15, 0.2) is 0 Å². The molecule has 0 radical (unpaired) electrons. The quantitative estimate of drug-likeness (QED) is 0.588. The van der Waals surface area contributed by atoms with Gasteiger partial charge in [-0.3, -0.25) is 9.69 Å². The Labute approximate surface area is 79.2 Å². The lowest BCUT2D eigenvalue weighted by Gasteiger charge is -2.26. The molecule has 0 aliphatic carbocycles. The van der Waals surface area contributed by atoms with Gasteiger partial charge in [0.2, 0.25) is 0 Å². The van der Waals surface area contributed by atoms with E-state index in [4.69, 9.17) is 4.74 Å². The zero-order valence-corrected chi connectivity index (χ0v) is 8.21. The van der Waals surface area contributed by atoms with Crippen LogP contribution >= 0.6 is 0 Å². The number of carbonyl (C=O) groups is 1. The lowest BCUT2D eigenvalue weighted by atomic mass is 10.3. The van der Waals surface area contributed by atoms with Crippen LogP contribution in [0.2, 0.25) is 0 Å². The second-order valence-corrected chi connectivity index (χ2v) is 3.35. The first-order valence-corrected chi connectivity index (χ1v) is 4.79. The third-order valence-corrected chi connectivity index (χ3v) is 2.07. The SMILES string of the molecule is CC(=O)COCCN1CCNCC1. The number of nitrogens with zero attached hydrogens (tertiary/aromatic N) is 1. The lowest BCUT2D eigenvalue weighted by molar-refractivity contribution is -0.121. The molecule has 0 unspecified atom stereocenters. The molecule has 4 nitrogen and oxygen atoms in total. The second-order valence-electron chi connectivity index (χ2n) is 3.35. The molecule has 0 saturated carbocycles. The molecule has 76 valence electrons. The monoisotopic (exact) mass is 186 g/mol. The molecule has 0 amide bonds. The van der Waals surface area contributed by atoms with E-state index in [2.05, 4.69) is 10.2 Å². The predicted octanol–water partition coefficient (Wildman–Crippen LogP) is -0.503. The highest BCUT2D eigenvalue weighted by Crippen LogP contribution is 1.91. The summed E-state index contributed by atoms with van der Waals surface area (Å²) in [6.45, 7) is 7.71. The molecule has 1 N–H and O–H groups in total. The minimum Gasteiger partial charge on any atom is -0.372 e. The number of nitrogens with one attached hydrogen (secondary N) is 1. The summed E-state index contributed by atoms with van der Waals surface area (Å²) < 4.78 is 5.19. The largest absolute Gasteiger partial charge is 0.372 e. The van der Waals surface area contributed by atoms with Crippen molar-refractivity contribution in [2.45, 2.75) is 6.92 Å². The zero-order chi connectivity index (χ0) is 9.52. The molecule has 4 heteroatoms. The van der Waals surface area contributed by atoms with Gasteiger partial charge in [-0.1, -0.05) is 0 Å². The molecule has 0 spiro atoms. The first-order chi connectivity index (χ1) is 6.29. The molecule has 1 heterocycles. The van der Waals surface area contributed by atoms with Crippen LogP contribution in [0.1, 0.15) is 6.92 Å². The van der Waals surface area contributed by atoms with E-state index >= 15 is 0 Å². The Morgan fingerprint density at radius 1 is 1.46 bits per heavy atom. The average Bonchev–Trinajstić information content (AvgIpc) is 2.14. The summed E-state index contributed by atoms with van der Waals surface area (Å²) in [5, 5.41) is 3.29. The van der Waals surface area contributed by atoms with Gasteiger partial charge in [0.05, 0.1) is 6.61 Å². The van der Waals surface area contributed by atoms with Gasteiger partial charge in [-0.25, -0.2) is 0 Å². The van der Waals surface area contributed by atoms with Gasteiger partial charge in [0, 0.05) is 32.7 Å². The molecule has 1 aliphatic heterocycles. The number of ether oxygens (including phenoxy) is 1. The maximum absolute atomic E-state index is 10.5. The number of Topliss-reactive ketones (excluding diaryl/α,β-unsaturated/α-hetero) is 1. The van der Waals surface area contributed by atoms with E-state index in [1.165, 1.54) is 0 Å². The van der Waals surface area contributed by atoms with Crippen LogP contribution in [0.4, 0.5) is 0 Å². The highest BCUT2D eigenvalue weighted by molar-refractivity contribution is 5.76. The van der Waals surface area contributed by atoms with Gasteiger partial charge in [0.15, 0.2) is 5.78 Å². The van der Waals surface area contributed by atoms with Crippen molar-refractivity contribution in [3.8, 4) is 0 Å². The molecule has 0 aromatic heterocycles. The highest BCUT2D eigenvalue weighted by atomic mass is 16.5. The van der Waals surface area contributed by atoms with Crippen molar-refractivity contribution in [3.63, 3.8) is 0 Å². The Kier molecular flexibility index (Phi) is 4.97. The van der Waals surface area contributed by atoms with Crippen LogP contribution in [0.25, 0.3) is 0 Å². The van der Waals surface area contributed by atoms with E-state index in [1.807, 2.05) is 0 Å². The third-order valence-electron chi connectivity index (χ3n) is 2.07. The van der Waals surface area contributed by atoms with Crippen LogP contribution in [0, 0.1) is 0 Å². The van der Waals surface area contributed by atoms with Gasteiger partial charge in [0.1, 0.15) is 6.61 Å². The number of hydrogen-bond donors (Lipinski definition) is 1. The van der Waals surface area contributed by atoms with Gasteiger partial charge in [-0.2, -0.15) is 0 Å². The topological polar surface area (TPSA) is 41.6 Å². The van der Waals surface area contributed by atoms with Crippen LogP contribution in [0.5, 0.6) is 0 Å². The van der Waals surface area contributed by atoms with E-state index < -0.39 is 0 Å². The van der Waals surface area contributed by atoms with E-state index in [1.54, 1.807) is 6.92 Å². The number of hydrogen-bond acceptors (Lipinski definition) is 4. The van der Waals surface area contributed by atoms with E-state index in [0.717, 1.165) is 32.7 Å². The van der Waals surface area contributed by atoms with Gasteiger partial charge < -0.3 is 10.1 Å². The minimum absolute atomic E-state index is 0.0975. The average molecular weight is 186 g/mol. The number of rotatable bonds is 5. The fourth-order valence-electron chi connectivity index (χ4n) is 1.34. The molecule has 1 saturated heterocycles. The summed E-state index contributed by atoms with van der Waals surface area (Å²) in [6.07, 6.45) is 0. The fourth-order valence-corrected chi connectivity index (χ4v) is 1.34. The fraction of sp³-hybridized carbons (Fsp3) is 0.889. The third kappa shape index (κ3) is 4.98. The molecule has 1 aliphatic rings. The summed E-state index contributed by atoms with van der Waals surface area (Å²) >= 11 is 0. The number of carbonyl (C=O) groups excluding carboxylic acids is 1.